The Morgan fingerprint density at radius 3 is 2.40 bits per heavy atom. The van der Waals surface area contributed by atoms with Crippen molar-refractivity contribution in [2.24, 2.45) is 5.92 Å². The summed E-state index contributed by atoms with van der Waals surface area (Å²) >= 11 is 0. The Bertz CT molecular complexity index is 1130. The summed E-state index contributed by atoms with van der Waals surface area (Å²) in [5.74, 6) is 0.198. The first kappa shape index (κ1) is 20.8. The third-order valence-corrected chi connectivity index (χ3v) is 7.90. The molecule has 1 saturated carbocycles. The zero-order chi connectivity index (χ0) is 21.1. The third kappa shape index (κ3) is 4.19. The van der Waals surface area contributed by atoms with Crippen LogP contribution in [0.15, 0.2) is 90.3 Å². The predicted molar refractivity (Wildman–Crippen MR) is 120 cm³/mol. The number of allylic oxidation sites excluding steroid dienone is 1. The monoisotopic (exact) mass is 421 g/mol. The van der Waals surface area contributed by atoms with Crippen molar-refractivity contribution >= 4 is 20.8 Å². The van der Waals surface area contributed by atoms with Gasteiger partial charge in [0, 0.05) is 6.54 Å². The maximum atomic E-state index is 13.8. The molecule has 3 atom stereocenters. The van der Waals surface area contributed by atoms with E-state index in [4.69, 9.17) is 0 Å². The highest BCUT2D eigenvalue weighted by Crippen LogP contribution is 2.34. The molecule has 0 aliphatic heterocycles. The number of hydrogen-bond acceptors (Lipinski definition) is 3. The molecule has 4 nitrogen and oxygen atoms in total. The molecule has 3 aromatic rings. The SMILES string of the molecule is C=CC1CCC(O)C(N(Cc2ccccc2)S(=O)(=O)c2ccc3ccccc3c2)C1. The first-order chi connectivity index (χ1) is 14.5. The van der Waals surface area contributed by atoms with E-state index in [1.54, 1.807) is 12.1 Å². The fourth-order valence-electron chi connectivity index (χ4n) is 4.29. The molecule has 1 aliphatic rings. The zero-order valence-corrected chi connectivity index (χ0v) is 17.7. The fraction of sp³-hybridized carbons (Fsp3) is 0.280. The van der Waals surface area contributed by atoms with Crippen LogP contribution in [-0.4, -0.2) is 30.0 Å². The smallest absolute Gasteiger partial charge is 0.243 e. The van der Waals surface area contributed by atoms with Crippen LogP contribution in [0.4, 0.5) is 0 Å². The molecule has 1 fully saturated rings. The molecule has 0 saturated heterocycles. The molecule has 156 valence electrons. The number of benzene rings is 3. The van der Waals surface area contributed by atoms with Crippen molar-refractivity contribution in [2.45, 2.75) is 42.8 Å². The Kier molecular flexibility index (Phi) is 6.04. The maximum absolute atomic E-state index is 13.8. The highest BCUT2D eigenvalue weighted by molar-refractivity contribution is 7.89. The second-order valence-corrected chi connectivity index (χ2v) is 9.88. The molecule has 0 heterocycles. The van der Waals surface area contributed by atoms with E-state index in [0.29, 0.717) is 12.8 Å². The zero-order valence-electron chi connectivity index (χ0n) is 16.9. The molecule has 3 unspecified atom stereocenters. The van der Waals surface area contributed by atoms with Crippen molar-refractivity contribution in [3.05, 3.63) is 91.0 Å². The lowest BCUT2D eigenvalue weighted by Crippen LogP contribution is -2.49. The van der Waals surface area contributed by atoms with Gasteiger partial charge in [-0.25, -0.2) is 8.42 Å². The van der Waals surface area contributed by atoms with Gasteiger partial charge in [0.15, 0.2) is 0 Å². The molecule has 0 bridgehead atoms. The fourth-order valence-corrected chi connectivity index (χ4v) is 5.98. The van der Waals surface area contributed by atoms with Crippen LogP contribution in [0.2, 0.25) is 0 Å². The third-order valence-electron chi connectivity index (χ3n) is 6.03. The topological polar surface area (TPSA) is 57.6 Å². The van der Waals surface area contributed by atoms with Crippen molar-refractivity contribution in [3.63, 3.8) is 0 Å². The van der Waals surface area contributed by atoms with Crippen molar-refractivity contribution < 1.29 is 13.5 Å². The molecular weight excluding hydrogens is 394 g/mol. The summed E-state index contributed by atoms with van der Waals surface area (Å²) in [6.45, 7) is 4.12. The van der Waals surface area contributed by atoms with E-state index in [2.05, 4.69) is 6.58 Å². The summed E-state index contributed by atoms with van der Waals surface area (Å²) in [5.41, 5.74) is 0.898. The second kappa shape index (κ2) is 8.72. The van der Waals surface area contributed by atoms with Crippen molar-refractivity contribution in [2.75, 3.05) is 0 Å². The molecule has 1 N–H and O–H groups in total. The maximum Gasteiger partial charge on any atom is 0.243 e. The summed E-state index contributed by atoms with van der Waals surface area (Å²) in [6.07, 6.45) is 3.16. The number of hydrogen-bond donors (Lipinski definition) is 1. The van der Waals surface area contributed by atoms with E-state index in [1.807, 2.05) is 66.7 Å². The minimum Gasteiger partial charge on any atom is -0.391 e. The quantitative estimate of drug-likeness (QED) is 0.585. The number of sulfonamides is 1. The first-order valence-corrected chi connectivity index (χ1v) is 11.8. The Morgan fingerprint density at radius 1 is 0.967 bits per heavy atom. The summed E-state index contributed by atoms with van der Waals surface area (Å²) in [7, 11) is -3.82. The van der Waals surface area contributed by atoms with E-state index < -0.39 is 22.2 Å². The molecule has 30 heavy (non-hydrogen) atoms. The number of aliphatic hydroxyl groups excluding tert-OH is 1. The van der Waals surface area contributed by atoms with Crippen molar-refractivity contribution in [1.82, 2.24) is 4.31 Å². The van der Waals surface area contributed by atoms with Crippen LogP contribution in [0.5, 0.6) is 0 Å². The summed E-state index contributed by atoms with van der Waals surface area (Å²) in [5, 5.41) is 12.6. The minimum absolute atomic E-state index is 0.198. The van der Waals surface area contributed by atoms with Gasteiger partial charge in [0.25, 0.3) is 0 Å². The Hall–Kier alpha value is -2.47. The van der Waals surface area contributed by atoms with Crippen LogP contribution in [0.1, 0.15) is 24.8 Å². The van der Waals surface area contributed by atoms with Gasteiger partial charge in [-0.15, -0.1) is 6.58 Å². The molecule has 0 amide bonds. The van der Waals surface area contributed by atoms with Gasteiger partial charge in [-0.2, -0.15) is 4.31 Å². The van der Waals surface area contributed by atoms with Gasteiger partial charge in [0.2, 0.25) is 10.0 Å². The normalized spacial score (nSPS) is 22.3. The standard InChI is InChI=1S/C25H27NO3S/c1-2-19-12-15-25(27)24(16-19)26(18-20-8-4-3-5-9-20)30(28,29)23-14-13-21-10-6-7-11-22(21)17-23/h2-11,13-14,17,19,24-25,27H,1,12,15-16,18H2. The molecular formula is C25H27NO3S. The van der Waals surface area contributed by atoms with Gasteiger partial charge >= 0.3 is 0 Å². The van der Waals surface area contributed by atoms with E-state index in [9.17, 15) is 13.5 Å². The van der Waals surface area contributed by atoms with Crippen LogP contribution in [0.3, 0.4) is 0 Å². The van der Waals surface area contributed by atoms with E-state index >= 15 is 0 Å². The number of rotatable bonds is 6. The summed E-state index contributed by atoms with van der Waals surface area (Å²) in [6, 6.07) is 22.0. The number of aliphatic hydroxyl groups is 1. The minimum atomic E-state index is -3.82. The summed E-state index contributed by atoms with van der Waals surface area (Å²) < 4.78 is 29.1. The molecule has 3 aromatic carbocycles. The van der Waals surface area contributed by atoms with Gasteiger partial charge in [0.05, 0.1) is 17.0 Å². The molecule has 0 radical (unpaired) electrons. The molecule has 0 spiro atoms. The highest BCUT2D eigenvalue weighted by atomic mass is 32.2. The van der Waals surface area contributed by atoms with E-state index in [1.165, 1.54) is 4.31 Å². The Morgan fingerprint density at radius 2 is 1.67 bits per heavy atom. The van der Waals surface area contributed by atoms with Crippen LogP contribution < -0.4 is 0 Å². The van der Waals surface area contributed by atoms with Crippen LogP contribution >= 0.6 is 0 Å². The molecule has 1 aliphatic carbocycles. The van der Waals surface area contributed by atoms with Gasteiger partial charge in [-0.1, -0.05) is 66.7 Å². The summed E-state index contributed by atoms with van der Waals surface area (Å²) in [4.78, 5) is 0.255. The second-order valence-electron chi connectivity index (χ2n) is 7.99. The lowest BCUT2D eigenvalue weighted by Gasteiger charge is -2.39. The predicted octanol–water partition coefficient (Wildman–Crippen LogP) is 4.75. The average molecular weight is 422 g/mol. The lowest BCUT2D eigenvalue weighted by molar-refractivity contribution is 0.0418. The van der Waals surface area contributed by atoms with Crippen molar-refractivity contribution in [1.29, 1.82) is 0 Å². The van der Waals surface area contributed by atoms with Crippen LogP contribution in [0, 0.1) is 5.92 Å². The Balaban J connectivity index is 1.77. The van der Waals surface area contributed by atoms with E-state index in [-0.39, 0.29) is 17.4 Å². The van der Waals surface area contributed by atoms with Gasteiger partial charge < -0.3 is 5.11 Å². The van der Waals surface area contributed by atoms with Gasteiger partial charge in [-0.05, 0) is 53.6 Å². The number of nitrogens with zero attached hydrogens (tertiary/aromatic N) is 1. The van der Waals surface area contributed by atoms with Crippen LogP contribution in [-0.2, 0) is 16.6 Å². The average Bonchev–Trinajstić information content (AvgIpc) is 2.78. The largest absolute Gasteiger partial charge is 0.391 e. The van der Waals surface area contributed by atoms with Gasteiger partial charge in [0.1, 0.15) is 0 Å². The molecule has 0 aromatic heterocycles. The van der Waals surface area contributed by atoms with Crippen molar-refractivity contribution in [3.8, 4) is 0 Å². The highest BCUT2D eigenvalue weighted by Gasteiger charge is 2.39. The number of fused-ring (bicyclic) bond motifs is 1. The Labute approximate surface area is 178 Å². The van der Waals surface area contributed by atoms with Crippen LogP contribution in [0.25, 0.3) is 10.8 Å². The van der Waals surface area contributed by atoms with Gasteiger partial charge in [-0.3, -0.25) is 0 Å². The molecule has 4 rings (SSSR count). The molecule has 5 heteroatoms. The first-order valence-electron chi connectivity index (χ1n) is 10.3. The lowest BCUT2D eigenvalue weighted by atomic mass is 9.84. The van der Waals surface area contributed by atoms with E-state index in [0.717, 1.165) is 22.8 Å².